The predicted molar refractivity (Wildman–Crippen MR) is 137 cm³/mol. The van der Waals surface area contributed by atoms with Gasteiger partial charge in [0.2, 0.25) is 0 Å². The van der Waals surface area contributed by atoms with Crippen LogP contribution in [0.1, 0.15) is 66.3 Å². The third-order valence-electron chi connectivity index (χ3n) is 7.01. The fourth-order valence-corrected chi connectivity index (χ4v) is 5.44. The lowest BCUT2D eigenvalue weighted by atomic mass is 9.91. The highest BCUT2D eigenvalue weighted by Crippen LogP contribution is 2.43. The first kappa shape index (κ1) is 25.4. The van der Waals surface area contributed by atoms with Gasteiger partial charge in [-0.05, 0) is 45.0 Å². The highest BCUT2D eigenvalue weighted by molar-refractivity contribution is 6.34. The van der Waals surface area contributed by atoms with Gasteiger partial charge in [-0.3, -0.25) is 4.79 Å². The van der Waals surface area contributed by atoms with Gasteiger partial charge in [0, 0.05) is 44.5 Å². The number of piperidine rings is 1. The summed E-state index contributed by atoms with van der Waals surface area (Å²) in [7, 11) is 0. The number of esters is 1. The molecule has 3 heterocycles. The van der Waals surface area contributed by atoms with Gasteiger partial charge in [-0.15, -0.1) is 0 Å². The standard InChI is InChI=1S/C28H31ClN2O6/c1-27(2,3)37-26(34)30-13-10-18(11-14-30)35-19-8-9-21(23(29)16-19)24(32)31-15-12-28(17-31)22-7-5-4-6-20(22)25(33)36-28/h4-9,16,18H,10-15,17H2,1-3H3/t28-/m0/s1. The van der Waals surface area contributed by atoms with E-state index < -0.39 is 11.2 Å². The van der Waals surface area contributed by atoms with Crippen molar-refractivity contribution in [3.8, 4) is 5.75 Å². The van der Waals surface area contributed by atoms with Crippen LogP contribution < -0.4 is 4.74 Å². The normalized spacial score (nSPS) is 21.7. The molecule has 1 spiro atoms. The zero-order valence-corrected chi connectivity index (χ0v) is 22.0. The van der Waals surface area contributed by atoms with Crippen LogP contribution in [0.4, 0.5) is 4.79 Å². The molecule has 3 aliphatic rings. The zero-order valence-electron chi connectivity index (χ0n) is 21.3. The average Bonchev–Trinajstić information content (AvgIpc) is 3.39. The van der Waals surface area contributed by atoms with Gasteiger partial charge in [0.15, 0.2) is 5.60 Å². The second-order valence-corrected chi connectivity index (χ2v) is 11.2. The topological polar surface area (TPSA) is 85.4 Å². The molecular formula is C28H31ClN2O6. The Labute approximate surface area is 221 Å². The summed E-state index contributed by atoms with van der Waals surface area (Å²) in [5.41, 5.74) is 0.453. The average molecular weight is 527 g/mol. The third kappa shape index (κ3) is 5.12. The van der Waals surface area contributed by atoms with Crippen LogP contribution in [0, 0.1) is 0 Å². The van der Waals surface area contributed by atoms with Gasteiger partial charge < -0.3 is 24.0 Å². The molecule has 1 atom stereocenters. The highest BCUT2D eigenvalue weighted by Gasteiger charge is 2.51. The summed E-state index contributed by atoms with van der Waals surface area (Å²) in [6, 6.07) is 12.4. The zero-order chi connectivity index (χ0) is 26.4. The van der Waals surface area contributed by atoms with Crippen LogP contribution in [0.15, 0.2) is 42.5 Å². The number of hydrogen-bond acceptors (Lipinski definition) is 6. The van der Waals surface area contributed by atoms with Gasteiger partial charge in [0.05, 0.1) is 22.7 Å². The van der Waals surface area contributed by atoms with Crippen molar-refractivity contribution in [3.63, 3.8) is 0 Å². The number of benzene rings is 2. The minimum Gasteiger partial charge on any atom is -0.490 e. The summed E-state index contributed by atoms with van der Waals surface area (Å²) in [5, 5.41) is 0.304. The maximum Gasteiger partial charge on any atom is 0.410 e. The van der Waals surface area contributed by atoms with Crippen molar-refractivity contribution in [1.82, 2.24) is 9.80 Å². The quantitative estimate of drug-likeness (QED) is 0.521. The maximum absolute atomic E-state index is 13.3. The van der Waals surface area contributed by atoms with E-state index >= 15 is 0 Å². The van der Waals surface area contributed by atoms with Crippen molar-refractivity contribution >= 4 is 29.6 Å². The van der Waals surface area contributed by atoms with E-state index in [-0.39, 0.29) is 24.1 Å². The summed E-state index contributed by atoms with van der Waals surface area (Å²) in [4.78, 5) is 41.3. The molecule has 2 aromatic carbocycles. The molecule has 0 aliphatic carbocycles. The summed E-state index contributed by atoms with van der Waals surface area (Å²) >= 11 is 6.52. The van der Waals surface area contributed by atoms with Gasteiger partial charge in [-0.25, -0.2) is 9.59 Å². The van der Waals surface area contributed by atoms with Crippen LogP contribution in [0.5, 0.6) is 5.75 Å². The molecule has 3 aliphatic heterocycles. The van der Waals surface area contributed by atoms with E-state index in [0.29, 0.717) is 67.3 Å². The number of likely N-dealkylation sites (tertiary alicyclic amines) is 2. The lowest BCUT2D eigenvalue weighted by Crippen LogP contribution is -2.44. The van der Waals surface area contributed by atoms with Crippen molar-refractivity contribution in [2.75, 3.05) is 26.2 Å². The highest BCUT2D eigenvalue weighted by atomic mass is 35.5. The molecular weight excluding hydrogens is 496 g/mol. The Morgan fingerprint density at radius 3 is 2.49 bits per heavy atom. The third-order valence-corrected chi connectivity index (χ3v) is 7.33. The number of nitrogens with zero attached hydrogens (tertiary/aromatic N) is 2. The SMILES string of the molecule is CC(C)(C)OC(=O)N1CCC(Oc2ccc(C(=O)N3CC[C@@]4(C3)OC(=O)c3ccccc34)c(Cl)c2)CC1. The molecule has 9 heteroatoms. The maximum atomic E-state index is 13.3. The molecule has 2 amide bonds. The molecule has 0 saturated carbocycles. The van der Waals surface area contributed by atoms with Crippen molar-refractivity contribution in [3.05, 3.63) is 64.2 Å². The number of carbonyl (C=O) groups is 3. The number of halogens is 1. The van der Waals surface area contributed by atoms with E-state index in [0.717, 1.165) is 5.56 Å². The fourth-order valence-electron chi connectivity index (χ4n) is 5.19. The molecule has 37 heavy (non-hydrogen) atoms. The largest absolute Gasteiger partial charge is 0.490 e. The Hall–Kier alpha value is -3.26. The second-order valence-electron chi connectivity index (χ2n) is 10.8. The van der Waals surface area contributed by atoms with Gasteiger partial charge >= 0.3 is 12.1 Å². The molecule has 0 radical (unpaired) electrons. The Morgan fingerprint density at radius 2 is 1.78 bits per heavy atom. The van der Waals surface area contributed by atoms with E-state index in [4.69, 9.17) is 25.8 Å². The number of rotatable bonds is 3. The Morgan fingerprint density at radius 1 is 1.05 bits per heavy atom. The van der Waals surface area contributed by atoms with E-state index in [1.807, 2.05) is 39.0 Å². The second kappa shape index (κ2) is 9.56. The van der Waals surface area contributed by atoms with Crippen molar-refractivity contribution < 1.29 is 28.6 Å². The molecule has 0 aromatic heterocycles. The van der Waals surface area contributed by atoms with Gasteiger partial charge in [0.25, 0.3) is 5.91 Å². The summed E-state index contributed by atoms with van der Waals surface area (Å²) in [6.45, 7) is 7.41. The summed E-state index contributed by atoms with van der Waals surface area (Å²) in [6.07, 6.45) is 1.52. The first-order valence-electron chi connectivity index (χ1n) is 12.6. The fraction of sp³-hybridized carbons (Fsp3) is 0.464. The van der Waals surface area contributed by atoms with Crippen LogP contribution in [0.3, 0.4) is 0 Å². The van der Waals surface area contributed by atoms with Crippen LogP contribution >= 0.6 is 11.6 Å². The molecule has 8 nitrogen and oxygen atoms in total. The molecule has 196 valence electrons. The molecule has 2 fully saturated rings. The number of carbonyl (C=O) groups excluding carboxylic acids is 3. The van der Waals surface area contributed by atoms with Crippen LogP contribution in [0.2, 0.25) is 5.02 Å². The molecule has 0 unspecified atom stereocenters. The minimum atomic E-state index is -0.799. The Kier molecular flexibility index (Phi) is 6.56. The first-order valence-corrected chi connectivity index (χ1v) is 13.0. The molecule has 0 bridgehead atoms. The van der Waals surface area contributed by atoms with E-state index in [1.165, 1.54) is 0 Å². The van der Waals surface area contributed by atoms with E-state index in [1.54, 1.807) is 34.1 Å². The van der Waals surface area contributed by atoms with Gasteiger partial charge in [0.1, 0.15) is 17.5 Å². The van der Waals surface area contributed by atoms with Crippen molar-refractivity contribution in [1.29, 1.82) is 0 Å². The lowest BCUT2D eigenvalue weighted by Gasteiger charge is -2.33. The monoisotopic (exact) mass is 526 g/mol. The van der Waals surface area contributed by atoms with Crippen molar-refractivity contribution in [2.24, 2.45) is 0 Å². The smallest absolute Gasteiger partial charge is 0.410 e. The van der Waals surface area contributed by atoms with Gasteiger partial charge in [-0.2, -0.15) is 0 Å². The first-order chi connectivity index (χ1) is 17.5. The molecule has 2 saturated heterocycles. The number of ether oxygens (including phenoxy) is 3. The Bertz CT molecular complexity index is 1230. The van der Waals surface area contributed by atoms with Crippen molar-refractivity contribution in [2.45, 2.75) is 57.3 Å². The molecule has 0 N–H and O–H groups in total. The van der Waals surface area contributed by atoms with Crippen LogP contribution in [-0.2, 0) is 15.1 Å². The summed E-state index contributed by atoms with van der Waals surface area (Å²) < 4.78 is 17.3. The van der Waals surface area contributed by atoms with Crippen LogP contribution in [-0.4, -0.2) is 65.7 Å². The van der Waals surface area contributed by atoms with Gasteiger partial charge in [-0.1, -0.05) is 29.8 Å². The number of hydrogen-bond donors (Lipinski definition) is 0. The minimum absolute atomic E-state index is 0.0631. The van der Waals surface area contributed by atoms with E-state index in [9.17, 15) is 14.4 Å². The molecule has 2 aromatic rings. The summed E-state index contributed by atoms with van der Waals surface area (Å²) in [5.74, 6) is 0.0229. The lowest BCUT2D eigenvalue weighted by molar-refractivity contribution is -0.00312. The van der Waals surface area contributed by atoms with E-state index in [2.05, 4.69) is 0 Å². The molecule has 5 rings (SSSR count). The number of amides is 2. The number of fused-ring (bicyclic) bond motifs is 2. The van der Waals surface area contributed by atoms with Crippen LogP contribution in [0.25, 0.3) is 0 Å². The Balaban J connectivity index is 1.19. The predicted octanol–water partition coefficient (Wildman–Crippen LogP) is 5.03.